The van der Waals surface area contributed by atoms with E-state index < -0.39 is 0 Å². The standard InChI is InChI=1S/C32H48N4O5/c1-6-7-8-24(11-16-39-5)21-36(30(37)19-32(2,3)4)26-18-27(31(38)34-14-12-33-13-15-34)35(22-26)20-25-9-10-28-29(17-25)41-23-40-28/h7-11,17,26-27,33H,6,12-16,18-23H2,1-5H3. The van der Waals surface area contributed by atoms with Gasteiger partial charge in [0, 0.05) is 65.4 Å². The van der Waals surface area contributed by atoms with Gasteiger partial charge in [-0.1, -0.05) is 52.0 Å². The van der Waals surface area contributed by atoms with Crippen LogP contribution in [0.5, 0.6) is 11.5 Å². The van der Waals surface area contributed by atoms with E-state index in [1.165, 1.54) is 0 Å². The Morgan fingerprint density at radius 2 is 1.93 bits per heavy atom. The summed E-state index contributed by atoms with van der Waals surface area (Å²) < 4.78 is 16.5. The normalized spacial score (nSPS) is 21.6. The van der Waals surface area contributed by atoms with Gasteiger partial charge in [-0.05, 0) is 41.5 Å². The minimum absolute atomic E-state index is 0.0864. The van der Waals surface area contributed by atoms with Gasteiger partial charge in [0.25, 0.3) is 0 Å². The van der Waals surface area contributed by atoms with Crippen LogP contribution < -0.4 is 14.8 Å². The Balaban J connectivity index is 1.62. The second-order valence-corrected chi connectivity index (χ2v) is 12.4. The fourth-order valence-corrected chi connectivity index (χ4v) is 5.72. The molecule has 2 amide bonds. The lowest BCUT2D eigenvalue weighted by molar-refractivity contribution is -0.137. The Hall–Kier alpha value is -2.88. The molecule has 226 valence electrons. The molecule has 41 heavy (non-hydrogen) atoms. The van der Waals surface area contributed by atoms with Crippen molar-refractivity contribution in [3.05, 3.63) is 47.6 Å². The van der Waals surface area contributed by atoms with Crippen LogP contribution in [0.3, 0.4) is 0 Å². The number of nitrogens with zero attached hydrogens (tertiary/aromatic N) is 3. The van der Waals surface area contributed by atoms with Crippen molar-refractivity contribution in [1.82, 2.24) is 20.0 Å². The van der Waals surface area contributed by atoms with Crippen LogP contribution in [0, 0.1) is 5.41 Å². The van der Waals surface area contributed by atoms with Crippen molar-refractivity contribution in [2.45, 2.75) is 65.6 Å². The van der Waals surface area contributed by atoms with Crippen LogP contribution in [0.2, 0.25) is 0 Å². The predicted octanol–water partition coefficient (Wildman–Crippen LogP) is 3.59. The Bertz CT molecular complexity index is 1110. The number of carbonyl (C=O) groups excluding carboxylic acids is 2. The Morgan fingerprint density at radius 1 is 1.17 bits per heavy atom. The number of fused-ring (bicyclic) bond motifs is 1. The molecule has 1 aromatic carbocycles. The van der Waals surface area contributed by atoms with Crippen LogP contribution >= 0.6 is 0 Å². The molecule has 2 fully saturated rings. The topological polar surface area (TPSA) is 83.6 Å². The molecule has 3 aliphatic rings. The number of piperazine rings is 1. The first-order valence-corrected chi connectivity index (χ1v) is 14.9. The van der Waals surface area contributed by atoms with Crippen molar-refractivity contribution in [2.75, 3.05) is 59.8 Å². The Labute approximate surface area is 245 Å². The number of methoxy groups -OCH3 is 1. The van der Waals surface area contributed by atoms with Gasteiger partial charge in [0.2, 0.25) is 18.6 Å². The molecule has 2 atom stereocenters. The molecule has 1 N–H and O–H groups in total. The maximum absolute atomic E-state index is 13.9. The highest BCUT2D eigenvalue weighted by Crippen LogP contribution is 2.34. The fourth-order valence-electron chi connectivity index (χ4n) is 5.72. The first-order chi connectivity index (χ1) is 19.7. The summed E-state index contributed by atoms with van der Waals surface area (Å²) in [4.78, 5) is 34.1. The SMILES string of the molecule is CCC=CC(=CCOC)CN(C(=O)CC(C)(C)C)C1CC(C(=O)N2CCNCC2)N(Cc2ccc3c(c2)OCO3)C1. The number of benzene rings is 1. The fraction of sp³-hybridized carbons (Fsp3) is 0.625. The van der Waals surface area contributed by atoms with E-state index in [2.05, 4.69) is 50.1 Å². The number of nitrogens with one attached hydrogen (secondary N) is 1. The molecule has 0 radical (unpaired) electrons. The molecule has 9 heteroatoms. The number of hydrogen-bond donors (Lipinski definition) is 1. The summed E-state index contributed by atoms with van der Waals surface area (Å²) in [5, 5.41) is 3.34. The highest BCUT2D eigenvalue weighted by Gasteiger charge is 2.42. The molecule has 3 heterocycles. The van der Waals surface area contributed by atoms with Crippen molar-refractivity contribution in [3.8, 4) is 11.5 Å². The van der Waals surface area contributed by atoms with Crippen LogP contribution in [0.1, 0.15) is 52.5 Å². The summed E-state index contributed by atoms with van der Waals surface area (Å²) in [7, 11) is 1.68. The summed E-state index contributed by atoms with van der Waals surface area (Å²) in [5.74, 6) is 1.75. The largest absolute Gasteiger partial charge is 0.454 e. The Kier molecular flexibility index (Phi) is 10.9. The van der Waals surface area contributed by atoms with Gasteiger partial charge >= 0.3 is 0 Å². The van der Waals surface area contributed by atoms with E-state index in [4.69, 9.17) is 14.2 Å². The maximum Gasteiger partial charge on any atom is 0.240 e. The lowest BCUT2D eigenvalue weighted by Crippen LogP contribution is -2.52. The zero-order valence-corrected chi connectivity index (χ0v) is 25.5. The van der Waals surface area contributed by atoms with Gasteiger partial charge in [-0.15, -0.1) is 0 Å². The third-order valence-corrected chi connectivity index (χ3v) is 7.79. The molecule has 2 unspecified atom stereocenters. The van der Waals surface area contributed by atoms with E-state index in [0.29, 0.717) is 52.2 Å². The van der Waals surface area contributed by atoms with E-state index in [9.17, 15) is 9.59 Å². The van der Waals surface area contributed by atoms with E-state index in [0.717, 1.165) is 42.1 Å². The van der Waals surface area contributed by atoms with Crippen molar-refractivity contribution < 1.29 is 23.8 Å². The smallest absolute Gasteiger partial charge is 0.240 e. The second-order valence-electron chi connectivity index (χ2n) is 12.4. The molecular weight excluding hydrogens is 520 g/mol. The van der Waals surface area contributed by atoms with Crippen molar-refractivity contribution in [1.29, 1.82) is 0 Å². The quantitative estimate of drug-likeness (QED) is 0.409. The second kappa shape index (κ2) is 14.3. The zero-order valence-electron chi connectivity index (χ0n) is 25.5. The number of hydrogen-bond acceptors (Lipinski definition) is 7. The molecule has 0 aromatic heterocycles. The van der Waals surface area contributed by atoms with Crippen molar-refractivity contribution in [3.63, 3.8) is 0 Å². The average Bonchev–Trinajstić information content (AvgIpc) is 3.58. The van der Waals surface area contributed by atoms with Gasteiger partial charge in [0.15, 0.2) is 11.5 Å². The summed E-state index contributed by atoms with van der Waals surface area (Å²) in [6, 6.07) is 5.59. The van der Waals surface area contributed by atoms with Crippen LogP contribution in [-0.4, -0.2) is 98.4 Å². The molecular formula is C32H48N4O5. The number of ether oxygens (including phenoxy) is 3. The van der Waals surface area contributed by atoms with Crippen LogP contribution in [-0.2, 0) is 20.9 Å². The van der Waals surface area contributed by atoms with Crippen LogP contribution in [0.15, 0.2) is 42.0 Å². The number of likely N-dealkylation sites (tertiary alicyclic amines) is 1. The lowest BCUT2D eigenvalue weighted by Gasteiger charge is -2.33. The third-order valence-electron chi connectivity index (χ3n) is 7.79. The van der Waals surface area contributed by atoms with E-state index in [1.807, 2.05) is 34.1 Å². The minimum Gasteiger partial charge on any atom is -0.454 e. The summed E-state index contributed by atoms with van der Waals surface area (Å²) in [5.41, 5.74) is 1.97. The molecule has 9 nitrogen and oxygen atoms in total. The van der Waals surface area contributed by atoms with Gasteiger partial charge in [0.05, 0.1) is 12.6 Å². The highest BCUT2D eigenvalue weighted by atomic mass is 16.7. The third kappa shape index (κ3) is 8.56. The van der Waals surface area contributed by atoms with Gasteiger partial charge in [-0.25, -0.2) is 0 Å². The van der Waals surface area contributed by atoms with Crippen LogP contribution in [0.4, 0.5) is 0 Å². The van der Waals surface area contributed by atoms with Crippen LogP contribution in [0.25, 0.3) is 0 Å². The van der Waals surface area contributed by atoms with Crippen molar-refractivity contribution >= 4 is 11.8 Å². The molecule has 0 aliphatic carbocycles. The van der Waals surface area contributed by atoms with E-state index in [1.54, 1.807) is 7.11 Å². The molecule has 0 spiro atoms. The first kappa shape index (κ1) is 31.1. The predicted molar refractivity (Wildman–Crippen MR) is 160 cm³/mol. The number of amides is 2. The molecule has 2 saturated heterocycles. The van der Waals surface area contributed by atoms with Gasteiger partial charge < -0.3 is 29.3 Å². The van der Waals surface area contributed by atoms with Crippen molar-refractivity contribution in [2.24, 2.45) is 5.41 Å². The van der Waals surface area contributed by atoms with E-state index in [-0.39, 0.29) is 36.1 Å². The summed E-state index contributed by atoms with van der Waals surface area (Å²) >= 11 is 0. The molecule has 0 saturated carbocycles. The number of carbonyl (C=O) groups is 2. The zero-order chi connectivity index (χ0) is 29.4. The van der Waals surface area contributed by atoms with Gasteiger partial charge in [-0.3, -0.25) is 14.5 Å². The first-order valence-electron chi connectivity index (χ1n) is 14.9. The Morgan fingerprint density at radius 3 is 2.63 bits per heavy atom. The van der Waals surface area contributed by atoms with Gasteiger partial charge in [0.1, 0.15) is 0 Å². The summed E-state index contributed by atoms with van der Waals surface area (Å²) in [6.45, 7) is 13.8. The molecule has 4 rings (SSSR count). The molecule has 3 aliphatic heterocycles. The van der Waals surface area contributed by atoms with Gasteiger partial charge in [-0.2, -0.15) is 0 Å². The minimum atomic E-state index is -0.300. The summed E-state index contributed by atoms with van der Waals surface area (Å²) in [6.07, 6.45) is 8.22. The molecule has 1 aromatic rings. The maximum atomic E-state index is 13.9. The average molecular weight is 569 g/mol. The number of allylic oxidation sites excluding steroid dienone is 1. The van der Waals surface area contributed by atoms with E-state index >= 15 is 0 Å². The lowest BCUT2D eigenvalue weighted by atomic mass is 9.91. The molecule has 0 bridgehead atoms. The number of rotatable bonds is 11. The highest BCUT2D eigenvalue weighted by molar-refractivity contribution is 5.83. The monoisotopic (exact) mass is 568 g/mol.